The second kappa shape index (κ2) is 11.8. The molecule has 0 aromatic heterocycles. The van der Waals surface area contributed by atoms with Crippen molar-refractivity contribution < 1.29 is 58.9 Å². The molecule has 0 aliphatic carbocycles. The zero-order chi connectivity index (χ0) is 3.70. The Labute approximate surface area is 88.6 Å². The maximum atomic E-state index is 3.67. The first-order chi connectivity index (χ1) is 2.39. The third-order valence-electron chi connectivity index (χ3n) is 0.524. The summed E-state index contributed by atoms with van der Waals surface area (Å²) in [4.78, 5) is 5.56. The Balaban J connectivity index is -0.0000000312. The molecule has 0 unspecified atom stereocenters. The number of halogens is 3. The van der Waals surface area contributed by atoms with Gasteiger partial charge in [0.05, 0.1) is 0 Å². The Bertz CT molecular complexity index is 70.1. The van der Waals surface area contributed by atoms with Crippen LogP contribution in [-0.2, 0) is 21.7 Å². The van der Waals surface area contributed by atoms with Gasteiger partial charge in [0.15, 0.2) is 0 Å². The van der Waals surface area contributed by atoms with E-state index in [1.807, 2.05) is 11.9 Å². The molecule has 0 bridgehead atoms. The number of rotatable bonds is 0. The zero-order valence-corrected chi connectivity index (χ0v) is 8.56. The summed E-state index contributed by atoms with van der Waals surface area (Å²) in [6, 6.07) is 0. The third kappa shape index (κ3) is 9.05. The molecule has 0 spiro atoms. The molecule has 1 heterocycles. The summed E-state index contributed by atoms with van der Waals surface area (Å²) in [5.41, 5.74) is 0. The summed E-state index contributed by atoms with van der Waals surface area (Å²) in [6.07, 6.45) is 2.67. The quantitative estimate of drug-likeness (QED) is 0.294. The Morgan fingerprint density at radius 3 is 1.56 bits per heavy atom. The van der Waals surface area contributed by atoms with Crippen LogP contribution < -0.4 is 37.2 Å². The average Bonchev–Trinajstić information content (AvgIpc) is 1.30. The minimum Gasteiger partial charge on any atom is -1.00 e. The Morgan fingerprint density at radius 1 is 1.33 bits per heavy atom. The molecule has 0 fully saturated rings. The molecule has 52 valence electrons. The molecule has 2 nitrogen and oxygen atoms in total. The van der Waals surface area contributed by atoms with Crippen molar-refractivity contribution in [3.05, 3.63) is 0 Å². The predicted octanol–water partition coefficient (Wildman–Crippen LogP) is -9.20. The van der Waals surface area contributed by atoms with Gasteiger partial charge < -0.3 is 47.1 Å². The SMILES string of the molecule is CN1[C-]=NC1.[Cl-].[Cl-].[Cl-].[Ti+4]. The van der Waals surface area contributed by atoms with Gasteiger partial charge in [-0.2, -0.15) is 0 Å². The molecular weight excluding hydrogens is 218 g/mol. The van der Waals surface area contributed by atoms with Crippen molar-refractivity contribution in [1.29, 1.82) is 0 Å². The van der Waals surface area contributed by atoms with Crippen molar-refractivity contribution in [3.63, 3.8) is 0 Å². The standard InChI is InChI=1S/C3H5N2.3ClH.Ti/c1-5-2-4-3-5;;;;/h2H2,1H3;3*1H;/q-1;;;;+4/p-3. The molecule has 0 aromatic rings. The average molecular weight is 223 g/mol. The van der Waals surface area contributed by atoms with E-state index < -0.39 is 0 Å². The summed E-state index contributed by atoms with van der Waals surface area (Å²) in [6.45, 7) is 0.833. The smallest absolute Gasteiger partial charge is 1.00 e. The van der Waals surface area contributed by atoms with Crippen LogP contribution in [0.15, 0.2) is 4.99 Å². The van der Waals surface area contributed by atoms with Gasteiger partial charge >= 0.3 is 21.7 Å². The van der Waals surface area contributed by atoms with Crippen LogP contribution in [0.1, 0.15) is 0 Å². The minimum absolute atomic E-state index is 0. The molecule has 0 N–H and O–H groups in total. The summed E-state index contributed by atoms with van der Waals surface area (Å²) < 4.78 is 0. The van der Waals surface area contributed by atoms with Gasteiger partial charge in [0.1, 0.15) is 0 Å². The summed E-state index contributed by atoms with van der Waals surface area (Å²) >= 11 is 0. The van der Waals surface area contributed by atoms with Crippen LogP contribution in [0.2, 0.25) is 0 Å². The molecular formula is C3H5Cl3N2Ti. The Hall–Kier alpha value is 1.05. The maximum absolute atomic E-state index is 3.67. The topological polar surface area (TPSA) is 15.6 Å². The van der Waals surface area contributed by atoms with Crippen molar-refractivity contribution in [2.24, 2.45) is 4.99 Å². The Morgan fingerprint density at radius 2 is 1.56 bits per heavy atom. The van der Waals surface area contributed by atoms with E-state index in [4.69, 9.17) is 0 Å². The van der Waals surface area contributed by atoms with Crippen molar-refractivity contribution >= 4 is 6.34 Å². The fourth-order valence-electron chi connectivity index (χ4n) is 0.212. The van der Waals surface area contributed by atoms with Gasteiger partial charge in [-0.25, -0.2) is 0 Å². The third-order valence-corrected chi connectivity index (χ3v) is 0.524. The molecule has 0 atom stereocenters. The maximum Gasteiger partial charge on any atom is 4.00 e. The van der Waals surface area contributed by atoms with Crippen molar-refractivity contribution in [2.75, 3.05) is 13.7 Å². The van der Waals surface area contributed by atoms with Crippen molar-refractivity contribution in [2.45, 2.75) is 0 Å². The van der Waals surface area contributed by atoms with E-state index in [0.29, 0.717) is 0 Å². The van der Waals surface area contributed by atoms with E-state index in [-0.39, 0.29) is 58.9 Å². The fraction of sp³-hybridized carbons (Fsp3) is 0.667. The molecule has 0 amide bonds. The van der Waals surface area contributed by atoms with Gasteiger partial charge in [0, 0.05) is 6.67 Å². The van der Waals surface area contributed by atoms with Crippen molar-refractivity contribution in [3.8, 4) is 0 Å². The molecule has 6 heteroatoms. The summed E-state index contributed by atoms with van der Waals surface area (Å²) in [5.74, 6) is 0. The second-order valence-electron chi connectivity index (χ2n) is 1.10. The molecule has 0 radical (unpaired) electrons. The van der Waals surface area contributed by atoms with E-state index >= 15 is 0 Å². The predicted molar refractivity (Wildman–Crippen MR) is 20.1 cm³/mol. The molecule has 0 saturated carbocycles. The van der Waals surface area contributed by atoms with Crippen LogP contribution in [-0.4, -0.2) is 25.0 Å². The van der Waals surface area contributed by atoms with E-state index in [2.05, 4.69) is 11.3 Å². The van der Waals surface area contributed by atoms with Gasteiger partial charge in [-0.3, -0.25) is 6.34 Å². The minimum atomic E-state index is 0. The molecule has 1 aliphatic rings. The zero-order valence-electron chi connectivity index (χ0n) is 4.74. The van der Waals surface area contributed by atoms with Crippen molar-refractivity contribution in [1.82, 2.24) is 4.90 Å². The van der Waals surface area contributed by atoms with Crippen LogP contribution in [0, 0.1) is 0 Å². The Kier molecular flexibility index (Phi) is 29.5. The van der Waals surface area contributed by atoms with Crippen LogP contribution in [0.4, 0.5) is 0 Å². The van der Waals surface area contributed by atoms with Gasteiger partial charge in [-0.15, -0.1) is 0 Å². The van der Waals surface area contributed by atoms with E-state index in [0.717, 1.165) is 6.67 Å². The first kappa shape index (κ1) is 22.5. The van der Waals surface area contributed by atoms with Gasteiger partial charge in [0.2, 0.25) is 0 Å². The van der Waals surface area contributed by atoms with Gasteiger partial charge in [-0.05, 0) is 7.05 Å². The largest absolute Gasteiger partial charge is 4.00 e. The number of hydrogen-bond acceptors (Lipinski definition) is 2. The van der Waals surface area contributed by atoms with Crippen LogP contribution in [0.25, 0.3) is 0 Å². The van der Waals surface area contributed by atoms with Crippen LogP contribution in [0.3, 0.4) is 0 Å². The number of nitrogens with zero attached hydrogens (tertiary/aromatic N) is 2. The normalized spacial score (nSPS) is 10.6. The van der Waals surface area contributed by atoms with Crippen LogP contribution in [0.5, 0.6) is 0 Å². The molecule has 9 heavy (non-hydrogen) atoms. The number of aliphatic imine (C=N–C) groups is 1. The summed E-state index contributed by atoms with van der Waals surface area (Å²) in [7, 11) is 1.94. The fourth-order valence-corrected chi connectivity index (χ4v) is 0.212. The summed E-state index contributed by atoms with van der Waals surface area (Å²) in [5, 5.41) is 0. The van der Waals surface area contributed by atoms with E-state index in [1.54, 1.807) is 0 Å². The van der Waals surface area contributed by atoms with Crippen LogP contribution >= 0.6 is 0 Å². The molecule has 1 rings (SSSR count). The molecule has 1 aliphatic heterocycles. The first-order valence-corrected chi connectivity index (χ1v) is 1.53. The first-order valence-electron chi connectivity index (χ1n) is 1.53. The van der Waals surface area contributed by atoms with E-state index in [1.165, 1.54) is 0 Å². The van der Waals surface area contributed by atoms with Gasteiger partial charge in [0.25, 0.3) is 0 Å². The van der Waals surface area contributed by atoms with E-state index in [9.17, 15) is 0 Å². The van der Waals surface area contributed by atoms with Gasteiger partial charge in [-0.1, -0.05) is 0 Å². The molecule has 0 aromatic carbocycles. The number of hydrogen-bond donors (Lipinski definition) is 0. The second-order valence-corrected chi connectivity index (χ2v) is 1.10. The monoisotopic (exact) mass is 222 g/mol. The molecule has 0 saturated heterocycles.